The van der Waals surface area contributed by atoms with Crippen LogP contribution in [0, 0.1) is 0 Å². The molecule has 2 aliphatic rings. The van der Waals surface area contributed by atoms with Crippen molar-refractivity contribution in [1.29, 1.82) is 0 Å². The summed E-state index contributed by atoms with van der Waals surface area (Å²) >= 11 is 0. The molecule has 1 saturated carbocycles. The van der Waals surface area contributed by atoms with Gasteiger partial charge >= 0.3 is 0 Å². The van der Waals surface area contributed by atoms with E-state index in [1.54, 1.807) is 0 Å². The monoisotopic (exact) mass is 182 g/mol. The van der Waals surface area contributed by atoms with Gasteiger partial charge in [-0.05, 0) is 33.6 Å². The smallest absolute Gasteiger partial charge is 0.0198 e. The van der Waals surface area contributed by atoms with Gasteiger partial charge in [0, 0.05) is 37.8 Å². The minimum Gasteiger partial charge on any atom is -0.298 e. The largest absolute Gasteiger partial charge is 0.298 e. The fourth-order valence-corrected chi connectivity index (χ4v) is 2.54. The van der Waals surface area contributed by atoms with Crippen LogP contribution in [-0.2, 0) is 0 Å². The topological polar surface area (TPSA) is 6.48 Å². The Morgan fingerprint density at radius 1 is 1.15 bits per heavy atom. The molecule has 0 spiro atoms. The summed E-state index contributed by atoms with van der Waals surface area (Å²) in [4.78, 5) is 5.31. The first-order valence-electron chi connectivity index (χ1n) is 5.68. The Labute approximate surface area is 81.9 Å². The number of nitrogens with zero attached hydrogens (tertiary/aromatic N) is 2. The van der Waals surface area contributed by atoms with Crippen molar-refractivity contribution in [1.82, 2.24) is 9.80 Å². The molecular weight excluding hydrogens is 160 g/mol. The molecule has 1 aliphatic heterocycles. The van der Waals surface area contributed by atoms with Crippen LogP contribution in [0.5, 0.6) is 0 Å². The van der Waals surface area contributed by atoms with E-state index in [-0.39, 0.29) is 0 Å². The van der Waals surface area contributed by atoms with Crippen molar-refractivity contribution >= 4 is 0 Å². The summed E-state index contributed by atoms with van der Waals surface area (Å²) in [5, 5.41) is 0. The molecule has 0 aromatic rings. The molecule has 1 aliphatic carbocycles. The third-order valence-corrected chi connectivity index (χ3v) is 3.44. The lowest BCUT2D eigenvalue weighted by molar-refractivity contribution is 0.0562. The average Bonchev–Trinajstić information content (AvgIpc) is 2.85. The number of piperazine rings is 1. The van der Waals surface area contributed by atoms with Gasteiger partial charge in [-0.1, -0.05) is 0 Å². The molecule has 0 aromatic heterocycles. The summed E-state index contributed by atoms with van der Waals surface area (Å²) in [5.74, 6) is 0. The first-order valence-corrected chi connectivity index (χ1v) is 5.68. The molecule has 1 unspecified atom stereocenters. The summed E-state index contributed by atoms with van der Waals surface area (Å²) in [6.45, 7) is 10.9. The van der Waals surface area contributed by atoms with E-state index in [1.165, 1.54) is 32.5 Å². The van der Waals surface area contributed by atoms with Gasteiger partial charge in [-0.15, -0.1) is 0 Å². The Morgan fingerprint density at radius 2 is 1.85 bits per heavy atom. The van der Waals surface area contributed by atoms with Crippen LogP contribution in [0.4, 0.5) is 0 Å². The highest BCUT2D eigenvalue weighted by molar-refractivity contribution is 4.90. The molecule has 0 amide bonds. The predicted molar refractivity (Wildman–Crippen MR) is 55.9 cm³/mol. The van der Waals surface area contributed by atoms with Crippen molar-refractivity contribution in [3.8, 4) is 0 Å². The Balaban J connectivity index is 1.87. The van der Waals surface area contributed by atoms with Crippen LogP contribution in [0.15, 0.2) is 0 Å². The summed E-state index contributed by atoms with van der Waals surface area (Å²) in [5.41, 5.74) is 0. The van der Waals surface area contributed by atoms with E-state index >= 15 is 0 Å². The van der Waals surface area contributed by atoms with Gasteiger partial charge in [0.2, 0.25) is 0 Å². The summed E-state index contributed by atoms with van der Waals surface area (Å²) in [6, 6.07) is 2.43. The van der Waals surface area contributed by atoms with Crippen LogP contribution < -0.4 is 0 Å². The van der Waals surface area contributed by atoms with Gasteiger partial charge in [0.25, 0.3) is 0 Å². The third-order valence-electron chi connectivity index (χ3n) is 3.44. The van der Waals surface area contributed by atoms with Gasteiger partial charge in [0.1, 0.15) is 0 Å². The fourth-order valence-electron chi connectivity index (χ4n) is 2.54. The molecule has 76 valence electrons. The second-order valence-corrected chi connectivity index (χ2v) is 4.91. The second kappa shape index (κ2) is 3.58. The highest BCUT2D eigenvalue weighted by atomic mass is 15.3. The van der Waals surface area contributed by atoms with Crippen LogP contribution in [-0.4, -0.2) is 47.6 Å². The normalized spacial score (nSPS) is 32.8. The Morgan fingerprint density at radius 3 is 2.31 bits per heavy atom. The van der Waals surface area contributed by atoms with E-state index in [2.05, 4.69) is 30.6 Å². The zero-order chi connectivity index (χ0) is 9.42. The quantitative estimate of drug-likeness (QED) is 0.639. The van der Waals surface area contributed by atoms with Crippen molar-refractivity contribution in [2.75, 3.05) is 19.6 Å². The van der Waals surface area contributed by atoms with Crippen molar-refractivity contribution in [2.45, 2.75) is 51.7 Å². The van der Waals surface area contributed by atoms with Crippen molar-refractivity contribution in [2.24, 2.45) is 0 Å². The van der Waals surface area contributed by atoms with E-state index in [1.807, 2.05) is 0 Å². The lowest BCUT2D eigenvalue weighted by Crippen LogP contribution is -2.54. The molecule has 0 bridgehead atoms. The molecule has 0 radical (unpaired) electrons. The molecule has 2 heteroatoms. The van der Waals surface area contributed by atoms with Gasteiger partial charge in [-0.3, -0.25) is 9.80 Å². The standard InChI is InChI=1S/C11H22N2/c1-9(2)13-7-6-12(8-10(13)3)11-4-5-11/h9-11H,4-8H2,1-3H3. The minimum atomic E-state index is 0.719. The molecule has 0 aromatic carbocycles. The van der Waals surface area contributed by atoms with E-state index in [4.69, 9.17) is 0 Å². The maximum absolute atomic E-state index is 2.68. The second-order valence-electron chi connectivity index (χ2n) is 4.91. The average molecular weight is 182 g/mol. The molecule has 0 N–H and O–H groups in total. The molecule has 1 heterocycles. The number of hydrogen-bond donors (Lipinski definition) is 0. The maximum atomic E-state index is 2.68. The van der Waals surface area contributed by atoms with Crippen LogP contribution in [0.3, 0.4) is 0 Å². The summed E-state index contributed by atoms with van der Waals surface area (Å²) in [7, 11) is 0. The molecule has 1 saturated heterocycles. The highest BCUT2D eigenvalue weighted by Crippen LogP contribution is 2.29. The van der Waals surface area contributed by atoms with Crippen LogP contribution >= 0.6 is 0 Å². The Hall–Kier alpha value is -0.0800. The zero-order valence-corrected chi connectivity index (χ0v) is 9.16. The SMILES string of the molecule is CC(C)N1CCN(C2CC2)CC1C. The summed E-state index contributed by atoms with van der Waals surface area (Å²) < 4.78 is 0. The zero-order valence-electron chi connectivity index (χ0n) is 9.16. The maximum Gasteiger partial charge on any atom is 0.0198 e. The van der Waals surface area contributed by atoms with Crippen LogP contribution in [0.2, 0.25) is 0 Å². The molecule has 2 rings (SSSR count). The van der Waals surface area contributed by atoms with Crippen LogP contribution in [0.1, 0.15) is 33.6 Å². The molecular formula is C11H22N2. The molecule has 13 heavy (non-hydrogen) atoms. The number of rotatable bonds is 2. The van der Waals surface area contributed by atoms with E-state index < -0.39 is 0 Å². The van der Waals surface area contributed by atoms with E-state index in [0.29, 0.717) is 0 Å². The van der Waals surface area contributed by atoms with Crippen molar-refractivity contribution < 1.29 is 0 Å². The van der Waals surface area contributed by atoms with Crippen LogP contribution in [0.25, 0.3) is 0 Å². The lowest BCUT2D eigenvalue weighted by Gasteiger charge is -2.42. The lowest BCUT2D eigenvalue weighted by atomic mass is 10.1. The van der Waals surface area contributed by atoms with Crippen molar-refractivity contribution in [3.63, 3.8) is 0 Å². The van der Waals surface area contributed by atoms with E-state index in [0.717, 1.165) is 18.1 Å². The number of hydrogen-bond acceptors (Lipinski definition) is 2. The predicted octanol–water partition coefficient (Wildman–Crippen LogP) is 1.56. The first-order chi connectivity index (χ1) is 6.18. The van der Waals surface area contributed by atoms with Crippen molar-refractivity contribution in [3.05, 3.63) is 0 Å². The van der Waals surface area contributed by atoms with Gasteiger partial charge in [-0.2, -0.15) is 0 Å². The third kappa shape index (κ3) is 2.05. The Bertz CT molecular complexity index is 175. The summed E-state index contributed by atoms with van der Waals surface area (Å²) in [6.07, 6.45) is 2.91. The molecule has 2 fully saturated rings. The van der Waals surface area contributed by atoms with Gasteiger partial charge in [0.15, 0.2) is 0 Å². The van der Waals surface area contributed by atoms with Gasteiger partial charge in [-0.25, -0.2) is 0 Å². The first kappa shape index (κ1) is 9.47. The minimum absolute atomic E-state index is 0.719. The highest BCUT2D eigenvalue weighted by Gasteiger charge is 2.34. The van der Waals surface area contributed by atoms with E-state index in [9.17, 15) is 0 Å². The van der Waals surface area contributed by atoms with Gasteiger partial charge < -0.3 is 0 Å². The Kier molecular flexibility index (Phi) is 2.61. The molecule has 2 nitrogen and oxygen atoms in total. The molecule has 1 atom stereocenters. The fraction of sp³-hybridized carbons (Fsp3) is 1.00. The van der Waals surface area contributed by atoms with Gasteiger partial charge in [0.05, 0.1) is 0 Å².